The van der Waals surface area contributed by atoms with Gasteiger partial charge in [0.05, 0.1) is 0 Å². The molecule has 3 atom stereocenters. The lowest BCUT2D eigenvalue weighted by Gasteiger charge is -2.21. The van der Waals surface area contributed by atoms with Crippen molar-refractivity contribution < 1.29 is 14.6 Å². The van der Waals surface area contributed by atoms with Crippen LogP contribution in [0.2, 0.25) is 0 Å². The van der Waals surface area contributed by atoms with Crippen molar-refractivity contribution in [3.8, 4) is 5.75 Å². The Balaban J connectivity index is 1.61. The van der Waals surface area contributed by atoms with Gasteiger partial charge in [-0.2, -0.15) is 0 Å². The van der Waals surface area contributed by atoms with Crippen molar-refractivity contribution in [3.05, 3.63) is 29.8 Å². The van der Waals surface area contributed by atoms with E-state index in [0.29, 0.717) is 6.42 Å². The van der Waals surface area contributed by atoms with Crippen LogP contribution in [-0.4, -0.2) is 29.8 Å². The minimum absolute atomic E-state index is 0.0541. The van der Waals surface area contributed by atoms with Crippen LogP contribution in [0.3, 0.4) is 0 Å². The molecule has 3 unspecified atom stereocenters. The van der Waals surface area contributed by atoms with Crippen LogP contribution in [0.5, 0.6) is 5.75 Å². The molecule has 2 aliphatic rings. The lowest BCUT2D eigenvalue weighted by Crippen LogP contribution is -2.45. The maximum Gasteiger partial charge on any atom is 0.261 e. The maximum atomic E-state index is 12.2. The largest absolute Gasteiger partial charge is 0.480 e. The number of amides is 1. The number of carbonyl (C=O) groups excluding carboxylic acids is 1. The number of fused-ring (bicyclic) bond motifs is 1. The highest BCUT2D eigenvalue weighted by atomic mass is 16.5. The summed E-state index contributed by atoms with van der Waals surface area (Å²) in [4.78, 5) is 12.2. The molecule has 1 fully saturated rings. The molecule has 1 amide bonds. The van der Waals surface area contributed by atoms with E-state index in [-0.39, 0.29) is 24.5 Å². The first-order valence-corrected chi connectivity index (χ1v) is 6.93. The highest BCUT2D eigenvalue weighted by molar-refractivity contribution is 5.82. The molecule has 0 aromatic heterocycles. The van der Waals surface area contributed by atoms with E-state index in [1.54, 1.807) is 0 Å². The van der Waals surface area contributed by atoms with Gasteiger partial charge >= 0.3 is 0 Å². The summed E-state index contributed by atoms with van der Waals surface area (Å²) in [6, 6.07) is 7.87. The average Bonchev–Trinajstić information content (AvgIpc) is 3.03. The van der Waals surface area contributed by atoms with E-state index in [1.165, 1.54) is 0 Å². The molecule has 1 aromatic carbocycles. The Bertz CT molecular complexity index is 449. The Morgan fingerprint density at radius 1 is 1.37 bits per heavy atom. The van der Waals surface area contributed by atoms with E-state index < -0.39 is 6.10 Å². The minimum atomic E-state index is -0.419. The van der Waals surface area contributed by atoms with E-state index in [2.05, 4.69) is 5.32 Å². The summed E-state index contributed by atoms with van der Waals surface area (Å²) in [6.45, 7) is 0.150. The second-order valence-electron chi connectivity index (χ2n) is 5.41. The summed E-state index contributed by atoms with van der Waals surface area (Å²) in [5.41, 5.74) is 1.09. The molecule has 0 bridgehead atoms. The van der Waals surface area contributed by atoms with Crippen LogP contribution in [0.25, 0.3) is 0 Å². The van der Waals surface area contributed by atoms with Gasteiger partial charge in [0.25, 0.3) is 5.91 Å². The highest BCUT2D eigenvalue weighted by Crippen LogP contribution is 2.29. The second-order valence-corrected chi connectivity index (χ2v) is 5.41. The topological polar surface area (TPSA) is 58.6 Å². The number of hydrogen-bond donors (Lipinski definition) is 2. The quantitative estimate of drug-likeness (QED) is 0.861. The van der Waals surface area contributed by atoms with Gasteiger partial charge in [-0.05, 0) is 24.5 Å². The number of aliphatic hydroxyl groups is 1. The predicted molar refractivity (Wildman–Crippen MR) is 70.9 cm³/mol. The van der Waals surface area contributed by atoms with Gasteiger partial charge in [0, 0.05) is 25.0 Å². The van der Waals surface area contributed by atoms with Crippen molar-refractivity contribution in [2.24, 2.45) is 5.92 Å². The summed E-state index contributed by atoms with van der Waals surface area (Å²) < 4.78 is 5.67. The van der Waals surface area contributed by atoms with Crippen molar-refractivity contribution in [3.63, 3.8) is 0 Å². The SMILES string of the molecule is O=C(NC1CCCC1CO)C1Cc2ccccc2O1. The predicted octanol–water partition coefficient (Wildman–Crippen LogP) is 1.27. The molecule has 1 heterocycles. The Kier molecular flexibility index (Phi) is 3.42. The fourth-order valence-electron chi connectivity index (χ4n) is 3.05. The van der Waals surface area contributed by atoms with Gasteiger partial charge in [-0.3, -0.25) is 4.79 Å². The molecule has 0 radical (unpaired) electrons. The van der Waals surface area contributed by atoms with Crippen LogP contribution in [0.4, 0.5) is 0 Å². The third-order valence-electron chi connectivity index (χ3n) is 4.16. The van der Waals surface area contributed by atoms with E-state index >= 15 is 0 Å². The average molecular weight is 261 g/mol. The number of rotatable bonds is 3. The Morgan fingerprint density at radius 2 is 2.21 bits per heavy atom. The molecule has 0 saturated heterocycles. The van der Waals surface area contributed by atoms with Crippen LogP contribution < -0.4 is 10.1 Å². The smallest absolute Gasteiger partial charge is 0.261 e. The van der Waals surface area contributed by atoms with Crippen LogP contribution in [-0.2, 0) is 11.2 Å². The molecule has 0 spiro atoms. The first kappa shape index (κ1) is 12.5. The van der Waals surface area contributed by atoms with E-state index in [4.69, 9.17) is 4.74 Å². The van der Waals surface area contributed by atoms with Crippen LogP contribution in [0.1, 0.15) is 24.8 Å². The first-order chi connectivity index (χ1) is 9.28. The molecule has 1 saturated carbocycles. The van der Waals surface area contributed by atoms with Gasteiger partial charge in [-0.1, -0.05) is 24.6 Å². The van der Waals surface area contributed by atoms with Gasteiger partial charge in [-0.25, -0.2) is 0 Å². The van der Waals surface area contributed by atoms with Gasteiger partial charge in [0.15, 0.2) is 6.10 Å². The van der Waals surface area contributed by atoms with Crippen LogP contribution in [0.15, 0.2) is 24.3 Å². The fourth-order valence-corrected chi connectivity index (χ4v) is 3.05. The van der Waals surface area contributed by atoms with Crippen molar-refractivity contribution in [1.82, 2.24) is 5.32 Å². The zero-order valence-corrected chi connectivity index (χ0v) is 10.8. The molecule has 4 nitrogen and oxygen atoms in total. The third-order valence-corrected chi connectivity index (χ3v) is 4.16. The number of para-hydroxylation sites is 1. The maximum absolute atomic E-state index is 12.2. The molecule has 3 rings (SSSR count). The molecular weight excluding hydrogens is 242 g/mol. The van der Waals surface area contributed by atoms with E-state index in [9.17, 15) is 9.90 Å². The molecule has 102 valence electrons. The number of benzene rings is 1. The lowest BCUT2D eigenvalue weighted by molar-refractivity contribution is -0.128. The molecule has 1 aliphatic heterocycles. The number of ether oxygens (including phenoxy) is 1. The van der Waals surface area contributed by atoms with Crippen molar-refractivity contribution >= 4 is 5.91 Å². The summed E-state index contributed by atoms with van der Waals surface area (Å²) >= 11 is 0. The molecule has 2 N–H and O–H groups in total. The Labute approximate surface area is 112 Å². The van der Waals surface area contributed by atoms with E-state index in [0.717, 1.165) is 30.6 Å². The van der Waals surface area contributed by atoms with Crippen LogP contribution >= 0.6 is 0 Å². The molecule has 4 heteroatoms. The molecule has 1 aromatic rings. The van der Waals surface area contributed by atoms with Gasteiger partial charge in [0.1, 0.15) is 5.75 Å². The van der Waals surface area contributed by atoms with Crippen LogP contribution in [0, 0.1) is 5.92 Å². The van der Waals surface area contributed by atoms with Gasteiger partial charge in [0.2, 0.25) is 0 Å². The lowest BCUT2D eigenvalue weighted by atomic mass is 10.0. The fraction of sp³-hybridized carbons (Fsp3) is 0.533. The third kappa shape index (κ3) is 2.45. The zero-order chi connectivity index (χ0) is 13.2. The van der Waals surface area contributed by atoms with Crippen molar-refractivity contribution in [2.45, 2.75) is 37.8 Å². The number of nitrogens with one attached hydrogen (secondary N) is 1. The minimum Gasteiger partial charge on any atom is -0.480 e. The molecular formula is C15H19NO3. The number of hydrogen-bond acceptors (Lipinski definition) is 3. The zero-order valence-electron chi connectivity index (χ0n) is 10.8. The summed E-state index contributed by atoms with van der Waals surface area (Å²) in [5.74, 6) is 0.960. The van der Waals surface area contributed by atoms with Crippen molar-refractivity contribution in [2.75, 3.05) is 6.61 Å². The molecule has 1 aliphatic carbocycles. The Hall–Kier alpha value is -1.55. The molecule has 19 heavy (non-hydrogen) atoms. The summed E-state index contributed by atoms with van der Waals surface area (Å²) in [6.07, 6.45) is 3.24. The number of carbonyl (C=O) groups is 1. The van der Waals surface area contributed by atoms with Gasteiger partial charge in [-0.15, -0.1) is 0 Å². The monoisotopic (exact) mass is 261 g/mol. The summed E-state index contributed by atoms with van der Waals surface area (Å²) in [5, 5.41) is 12.3. The van der Waals surface area contributed by atoms with Crippen molar-refractivity contribution in [1.29, 1.82) is 0 Å². The first-order valence-electron chi connectivity index (χ1n) is 6.93. The number of aliphatic hydroxyl groups excluding tert-OH is 1. The van der Waals surface area contributed by atoms with E-state index in [1.807, 2.05) is 24.3 Å². The summed E-state index contributed by atoms with van der Waals surface area (Å²) in [7, 11) is 0. The standard InChI is InChI=1S/C15H19NO3/c17-9-11-5-3-6-12(11)16-15(18)14-8-10-4-1-2-7-13(10)19-14/h1-2,4,7,11-12,14,17H,3,5-6,8-9H2,(H,16,18). The normalized spacial score (nSPS) is 28.8. The second kappa shape index (κ2) is 5.21. The highest BCUT2D eigenvalue weighted by Gasteiger charge is 2.33. The Morgan fingerprint density at radius 3 is 3.00 bits per heavy atom. The van der Waals surface area contributed by atoms with Gasteiger partial charge < -0.3 is 15.2 Å².